The van der Waals surface area contributed by atoms with Crippen LogP contribution in [0.25, 0.3) is 33.4 Å². The summed E-state index contributed by atoms with van der Waals surface area (Å²) in [6.45, 7) is 42.1. The summed E-state index contributed by atoms with van der Waals surface area (Å²) >= 11 is 0. The van der Waals surface area contributed by atoms with E-state index in [0.29, 0.717) is 28.6 Å². The zero-order valence-corrected chi connectivity index (χ0v) is 38.8. The van der Waals surface area contributed by atoms with Crippen LogP contribution in [0.5, 0.6) is 0 Å². The second kappa shape index (κ2) is 23.1. The molecular formula is C57H78. The first kappa shape index (κ1) is 48.7. The smallest absolute Gasteiger partial charge is 0.0160 e. The Kier molecular flexibility index (Phi) is 19.7. The van der Waals surface area contributed by atoms with Crippen LogP contribution in [0.4, 0.5) is 0 Å². The van der Waals surface area contributed by atoms with E-state index in [1.807, 2.05) is 40.7 Å². The fraction of sp³-hybridized carbons (Fsp3) is 0.404. The SMILES string of the molecule is C=C(/C=C(\C)c1ccc(C2=CCCC=C2)cc1)c1ccc(C(C)C(C)C(C)CC(C)(C)C(C)(C)C)cc1C.C=C(C)c1ccc(-c2ccccc2)cc1.CC.CC. The maximum Gasteiger partial charge on any atom is -0.0160 e. The molecule has 0 N–H and O–H groups in total. The number of benzene rings is 4. The van der Waals surface area contributed by atoms with E-state index in [-0.39, 0.29) is 0 Å². The van der Waals surface area contributed by atoms with Gasteiger partial charge in [0, 0.05) is 0 Å². The van der Waals surface area contributed by atoms with Crippen LogP contribution >= 0.6 is 0 Å². The van der Waals surface area contributed by atoms with Crippen LogP contribution in [0.3, 0.4) is 0 Å². The molecule has 0 bridgehead atoms. The summed E-state index contributed by atoms with van der Waals surface area (Å²) in [4.78, 5) is 0. The highest BCUT2D eigenvalue weighted by atomic mass is 14.4. The molecule has 0 aromatic heterocycles. The third-order valence-corrected chi connectivity index (χ3v) is 12.2. The summed E-state index contributed by atoms with van der Waals surface area (Å²) in [5.41, 5.74) is 15.6. The highest BCUT2D eigenvalue weighted by molar-refractivity contribution is 5.84. The van der Waals surface area contributed by atoms with Crippen molar-refractivity contribution in [1.29, 1.82) is 0 Å². The minimum Gasteiger partial charge on any atom is -0.0955 e. The van der Waals surface area contributed by atoms with E-state index in [2.05, 4.69) is 198 Å². The molecule has 0 saturated heterocycles. The summed E-state index contributed by atoms with van der Waals surface area (Å²) in [6, 6.07) is 34.9. The number of hydrogen-bond acceptors (Lipinski definition) is 0. The summed E-state index contributed by atoms with van der Waals surface area (Å²) in [6.07, 6.45) is 12.6. The van der Waals surface area contributed by atoms with E-state index in [9.17, 15) is 0 Å². The number of hydrogen-bond donors (Lipinski definition) is 0. The van der Waals surface area contributed by atoms with Gasteiger partial charge in [-0.25, -0.2) is 0 Å². The maximum atomic E-state index is 4.45. The molecule has 3 atom stereocenters. The molecule has 3 unspecified atom stereocenters. The molecule has 1 aliphatic carbocycles. The highest BCUT2D eigenvalue weighted by Crippen LogP contribution is 2.46. The Hall–Kier alpha value is -4.42. The first-order valence-corrected chi connectivity index (χ1v) is 21.8. The molecule has 0 saturated carbocycles. The van der Waals surface area contributed by atoms with E-state index in [0.717, 1.165) is 24.0 Å². The lowest BCUT2D eigenvalue weighted by Crippen LogP contribution is -2.33. The van der Waals surface area contributed by atoms with Crippen molar-refractivity contribution < 1.29 is 0 Å². The molecule has 0 fully saturated rings. The van der Waals surface area contributed by atoms with Gasteiger partial charge >= 0.3 is 0 Å². The monoisotopic (exact) mass is 763 g/mol. The van der Waals surface area contributed by atoms with Crippen molar-refractivity contribution in [2.24, 2.45) is 22.7 Å². The van der Waals surface area contributed by atoms with Gasteiger partial charge in [0.15, 0.2) is 0 Å². The molecule has 0 spiro atoms. The van der Waals surface area contributed by atoms with Crippen LogP contribution < -0.4 is 0 Å². The van der Waals surface area contributed by atoms with Crippen LogP contribution in [-0.2, 0) is 0 Å². The zero-order valence-electron chi connectivity index (χ0n) is 38.8. The lowest BCUT2D eigenvalue weighted by Gasteiger charge is -2.42. The fourth-order valence-electron chi connectivity index (χ4n) is 7.18. The topological polar surface area (TPSA) is 0 Å². The molecular weight excluding hydrogens is 685 g/mol. The predicted molar refractivity (Wildman–Crippen MR) is 261 cm³/mol. The number of allylic oxidation sites excluding steroid dienone is 8. The Morgan fingerprint density at radius 1 is 0.684 bits per heavy atom. The van der Waals surface area contributed by atoms with Crippen LogP contribution in [0.2, 0.25) is 0 Å². The van der Waals surface area contributed by atoms with Gasteiger partial charge in [0.05, 0.1) is 0 Å². The van der Waals surface area contributed by atoms with Crippen molar-refractivity contribution in [3.63, 3.8) is 0 Å². The summed E-state index contributed by atoms with van der Waals surface area (Å²) < 4.78 is 0. The Labute approximate surface area is 351 Å². The Morgan fingerprint density at radius 2 is 1.23 bits per heavy atom. The quantitative estimate of drug-likeness (QED) is 0.134. The van der Waals surface area contributed by atoms with Gasteiger partial charge in [0.2, 0.25) is 0 Å². The molecule has 1 aliphatic rings. The second-order valence-corrected chi connectivity index (χ2v) is 17.3. The van der Waals surface area contributed by atoms with E-state index in [1.165, 1.54) is 62.1 Å². The Bertz CT molecular complexity index is 1910. The Morgan fingerprint density at radius 3 is 1.74 bits per heavy atom. The number of aryl methyl sites for hydroxylation is 1. The van der Waals surface area contributed by atoms with Crippen LogP contribution in [-0.4, -0.2) is 0 Å². The molecule has 0 amide bonds. The second-order valence-electron chi connectivity index (χ2n) is 17.3. The third-order valence-electron chi connectivity index (χ3n) is 12.2. The molecule has 4 aromatic rings. The van der Waals surface area contributed by atoms with E-state index < -0.39 is 0 Å². The largest absolute Gasteiger partial charge is 0.0955 e. The van der Waals surface area contributed by atoms with Crippen molar-refractivity contribution in [1.82, 2.24) is 0 Å². The molecule has 0 heterocycles. The summed E-state index contributed by atoms with van der Waals surface area (Å²) in [7, 11) is 0. The van der Waals surface area contributed by atoms with Crippen molar-refractivity contribution in [3.05, 3.63) is 168 Å². The van der Waals surface area contributed by atoms with Gasteiger partial charge in [-0.3, -0.25) is 0 Å². The minimum atomic E-state index is 0.306. The van der Waals surface area contributed by atoms with E-state index in [4.69, 9.17) is 0 Å². The average Bonchev–Trinajstić information content (AvgIpc) is 3.22. The molecule has 0 nitrogen and oxygen atoms in total. The van der Waals surface area contributed by atoms with Crippen molar-refractivity contribution in [2.75, 3.05) is 0 Å². The van der Waals surface area contributed by atoms with Gasteiger partial charge < -0.3 is 0 Å². The summed E-state index contributed by atoms with van der Waals surface area (Å²) in [5.74, 6) is 1.80. The van der Waals surface area contributed by atoms with Crippen LogP contribution in [0.15, 0.2) is 135 Å². The van der Waals surface area contributed by atoms with Crippen molar-refractivity contribution >= 4 is 22.3 Å². The van der Waals surface area contributed by atoms with Crippen molar-refractivity contribution in [3.8, 4) is 11.1 Å². The maximum absolute atomic E-state index is 4.45. The van der Waals surface area contributed by atoms with Gasteiger partial charge in [-0.05, 0) is 130 Å². The molecule has 0 heteroatoms. The van der Waals surface area contributed by atoms with Gasteiger partial charge in [-0.1, -0.05) is 223 Å². The normalized spacial score (nSPS) is 14.2. The van der Waals surface area contributed by atoms with E-state index in [1.54, 1.807) is 0 Å². The lowest BCUT2D eigenvalue weighted by molar-refractivity contribution is 0.0826. The Balaban J connectivity index is 0.000000488. The first-order valence-electron chi connectivity index (χ1n) is 21.8. The van der Waals surface area contributed by atoms with Gasteiger partial charge in [-0.15, -0.1) is 0 Å². The standard InChI is InChI=1S/C38H52.C15H14.2C2H6/c1-26(32-17-19-34(20-18-32)33-15-13-12-14-16-33)23-27(2)36-22-21-35(24-28(36)3)31(6)30(5)29(4)25-38(10,11)37(7,8)9;1-12(2)13-8-10-15(11-9-13)14-6-4-3-5-7-14;2*1-2/h13,15-24,29-31H,2,12,14,25H2,1,3-11H3;3-11H,1H2,2H3;2*1-2H3/b26-23+;;;. The minimum absolute atomic E-state index is 0.306. The molecule has 4 aromatic carbocycles. The van der Waals surface area contributed by atoms with Crippen LogP contribution in [0, 0.1) is 29.6 Å². The lowest BCUT2D eigenvalue weighted by atomic mass is 9.63. The molecule has 306 valence electrons. The highest BCUT2D eigenvalue weighted by Gasteiger charge is 2.36. The first-order chi connectivity index (χ1) is 27.0. The van der Waals surface area contributed by atoms with Gasteiger partial charge in [0.25, 0.3) is 0 Å². The third kappa shape index (κ3) is 14.2. The van der Waals surface area contributed by atoms with Gasteiger partial charge in [0.1, 0.15) is 0 Å². The van der Waals surface area contributed by atoms with Crippen molar-refractivity contribution in [2.45, 2.75) is 129 Å². The molecule has 0 aliphatic heterocycles. The van der Waals surface area contributed by atoms with Gasteiger partial charge in [-0.2, -0.15) is 0 Å². The molecule has 57 heavy (non-hydrogen) atoms. The molecule has 0 radical (unpaired) electrons. The van der Waals surface area contributed by atoms with E-state index >= 15 is 0 Å². The molecule has 5 rings (SSSR count). The number of rotatable bonds is 11. The summed E-state index contributed by atoms with van der Waals surface area (Å²) in [5, 5.41) is 0. The average molecular weight is 763 g/mol. The predicted octanol–water partition coefficient (Wildman–Crippen LogP) is 18.1. The fourth-order valence-corrected chi connectivity index (χ4v) is 7.18. The zero-order chi connectivity index (χ0) is 42.9. The van der Waals surface area contributed by atoms with Crippen LogP contribution in [0.1, 0.15) is 155 Å².